The van der Waals surface area contributed by atoms with Crippen LogP contribution in [0.5, 0.6) is 0 Å². The molecule has 170 valence electrons. The van der Waals surface area contributed by atoms with E-state index >= 15 is 0 Å². The quantitative estimate of drug-likeness (QED) is 0.677. The Morgan fingerprint density at radius 2 is 1.90 bits per heavy atom. The molecule has 3 amide bonds. The van der Waals surface area contributed by atoms with Gasteiger partial charge in [-0.05, 0) is 50.5 Å². The van der Waals surface area contributed by atoms with E-state index in [1.807, 2.05) is 0 Å². The highest BCUT2D eigenvalue weighted by molar-refractivity contribution is 7.91. The van der Waals surface area contributed by atoms with Gasteiger partial charge in [-0.3, -0.25) is 14.4 Å². The SMILES string of the molecule is CCN(CC(=O)N[C@H]1CCS(=O)(=O)C1)C(=O)[C@H]1CCCN(C(=O)c2ccc(Cl)cc2)C1. The van der Waals surface area contributed by atoms with Crippen LogP contribution in [0, 0.1) is 5.92 Å². The summed E-state index contributed by atoms with van der Waals surface area (Å²) in [7, 11) is -3.09. The molecule has 0 saturated carbocycles. The molecule has 10 heteroatoms. The summed E-state index contributed by atoms with van der Waals surface area (Å²) in [5.41, 5.74) is 0.524. The lowest BCUT2D eigenvalue weighted by Gasteiger charge is -2.34. The third-order valence-corrected chi connectivity index (χ3v) is 7.79. The van der Waals surface area contributed by atoms with Crippen LogP contribution in [0.25, 0.3) is 0 Å². The number of likely N-dealkylation sites (N-methyl/N-ethyl adjacent to an activating group) is 1. The molecule has 0 aromatic heterocycles. The lowest BCUT2D eigenvalue weighted by atomic mass is 9.95. The summed E-state index contributed by atoms with van der Waals surface area (Å²) in [5.74, 6) is -1.01. The standard InChI is InChI=1S/C21H28ClN3O5S/c1-2-24(13-19(26)23-18-9-11-31(29,30)14-18)21(28)16-4-3-10-25(12-16)20(27)15-5-7-17(22)8-6-15/h5-8,16,18H,2-4,9-14H2,1H3,(H,23,26)/t16-,18-/m0/s1. The van der Waals surface area contributed by atoms with Gasteiger partial charge in [0.1, 0.15) is 0 Å². The van der Waals surface area contributed by atoms with E-state index in [4.69, 9.17) is 11.6 Å². The number of carbonyl (C=O) groups excluding carboxylic acids is 3. The maximum atomic E-state index is 13.0. The first-order valence-corrected chi connectivity index (χ1v) is 12.7. The predicted octanol–water partition coefficient (Wildman–Crippen LogP) is 1.34. The number of nitrogens with zero attached hydrogens (tertiary/aromatic N) is 2. The monoisotopic (exact) mass is 469 g/mol. The molecule has 0 spiro atoms. The number of benzene rings is 1. The molecule has 31 heavy (non-hydrogen) atoms. The first-order valence-electron chi connectivity index (χ1n) is 10.5. The van der Waals surface area contributed by atoms with Crippen LogP contribution in [-0.4, -0.2) is 79.7 Å². The van der Waals surface area contributed by atoms with E-state index in [0.29, 0.717) is 49.5 Å². The molecule has 2 aliphatic heterocycles. The van der Waals surface area contributed by atoms with E-state index < -0.39 is 15.9 Å². The lowest BCUT2D eigenvalue weighted by molar-refractivity contribution is -0.140. The number of amides is 3. The van der Waals surface area contributed by atoms with Crippen molar-refractivity contribution in [3.8, 4) is 0 Å². The summed E-state index contributed by atoms with van der Waals surface area (Å²) < 4.78 is 23.1. The van der Waals surface area contributed by atoms with Crippen molar-refractivity contribution in [3.05, 3.63) is 34.9 Å². The van der Waals surface area contributed by atoms with E-state index in [0.717, 1.165) is 0 Å². The number of piperidine rings is 1. The molecule has 3 rings (SSSR count). The van der Waals surface area contributed by atoms with Gasteiger partial charge < -0.3 is 15.1 Å². The number of likely N-dealkylation sites (tertiary alicyclic amines) is 1. The Morgan fingerprint density at radius 3 is 2.52 bits per heavy atom. The van der Waals surface area contributed by atoms with Gasteiger partial charge in [0.15, 0.2) is 9.84 Å². The van der Waals surface area contributed by atoms with Crippen molar-refractivity contribution in [2.75, 3.05) is 37.7 Å². The fraction of sp³-hybridized carbons (Fsp3) is 0.571. The molecule has 8 nitrogen and oxygen atoms in total. The molecule has 1 aromatic carbocycles. The zero-order valence-corrected chi connectivity index (χ0v) is 19.1. The largest absolute Gasteiger partial charge is 0.351 e. The molecular formula is C21H28ClN3O5S. The highest BCUT2D eigenvalue weighted by Gasteiger charge is 2.33. The summed E-state index contributed by atoms with van der Waals surface area (Å²) in [6.07, 6.45) is 1.76. The van der Waals surface area contributed by atoms with Gasteiger partial charge in [-0.1, -0.05) is 11.6 Å². The van der Waals surface area contributed by atoms with Crippen molar-refractivity contribution < 1.29 is 22.8 Å². The zero-order chi connectivity index (χ0) is 22.6. The third kappa shape index (κ3) is 6.20. The fourth-order valence-corrected chi connectivity index (χ4v) is 5.90. The van der Waals surface area contributed by atoms with E-state index in [2.05, 4.69) is 5.32 Å². The van der Waals surface area contributed by atoms with E-state index in [1.54, 1.807) is 36.1 Å². The second kappa shape index (κ2) is 9.99. The first-order chi connectivity index (χ1) is 14.7. The normalized spacial score (nSPS) is 22.7. The second-order valence-electron chi connectivity index (χ2n) is 8.12. The minimum Gasteiger partial charge on any atom is -0.351 e. The number of hydrogen-bond donors (Lipinski definition) is 1. The molecule has 1 N–H and O–H groups in total. The summed E-state index contributed by atoms with van der Waals surface area (Å²) in [5, 5.41) is 3.27. The number of carbonyl (C=O) groups is 3. The summed E-state index contributed by atoms with van der Waals surface area (Å²) in [6, 6.07) is 6.26. The van der Waals surface area contributed by atoms with Gasteiger partial charge >= 0.3 is 0 Å². The number of nitrogens with one attached hydrogen (secondary N) is 1. The summed E-state index contributed by atoms with van der Waals surface area (Å²) in [4.78, 5) is 41.4. The van der Waals surface area contributed by atoms with Gasteiger partial charge in [-0.2, -0.15) is 0 Å². The van der Waals surface area contributed by atoms with Crippen molar-refractivity contribution in [1.82, 2.24) is 15.1 Å². The molecule has 2 aliphatic rings. The molecule has 0 unspecified atom stereocenters. The van der Waals surface area contributed by atoms with Gasteiger partial charge in [0.2, 0.25) is 11.8 Å². The van der Waals surface area contributed by atoms with Crippen LogP contribution in [0.4, 0.5) is 0 Å². The molecular weight excluding hydrogens is 442 g/mol. The molecule has 0 radical (unpaired) electrons. The Bertz CT molecular complexity index is 935. The summed E-state index contributed by atoms with van der Waals surface area (Å²) in [6.45, 7) is 2.92. The lowest BCUT2D eigenvalue weighted by Crippen LogP contribution is -2.50. The molecule has 1 aromatic rings. The molecule has 2 fully saturated rings. The van der Waals surface area contributed by atoms with Crippen molar-refractivity contribution in [1.29, 1.82) is 0 Å². The average molecular weight is 470 g/mol. The maximum absolute atomic E-state index is 13.0. The van der Waals surface area contributed by atoms with Gasteiger partial charge in [0.25, 0.3) is 5.91 Å². The fourth-order valence-electron chi connectivity index (χ4n) is 4.10. The van der Waals surface area contributed by atoms with Gasteiger partial charge in [-0.25, -0.2) is 8.42 Å². The van der Waals surface area contributed by atoms with Crippen LogP contribution < -0.4 is 5.32 Å². The van der Waals surface area contributed by atoms with E-state index in [1.165, 1.54) is 4.90 Å². The minimum absolute atomic E-state index is 0.0524. The van der Waals surface area contributed by atoms with E-state index in [9.17, 15) is 22.8 Å². The van der Waals surface area contributed by atoms with Crippen LogP contribution in [0.2, 0.25) is 5.02 Å². The average Bonchev–Trinajstić information content (AvgIpc) is 3.09. The van der Waals surface area contributed by atoms with Crippen LogP contribution >= 0.6 is 11.6 Å². The highest BCUT2D eigenvalue weighted by Crippen LogP contribution is 2.21. The topological polar surface area (TPSA) is 104 Å². The minimum atomic E-state index is -3.09. The van der Waals surface area contributed by atoms with Gasteiger partial charge in [-0.15, -0.1) is 0 Å². The van der Waals surface area contributed by atoms with Crippen molar-refractivity contribution >= 4 is 39.2 Å². The number of rotatable bonds is 6. The van der Waals surface area contributed by atoms with Crippen molar-refractivity contribution in [2.45, 2.75) is 32.2 Å². The van der Waals surface area contributed by atoms with Crippen molar-refractivity contribution in [2.24, 2.45) is 5.92 Å². The molecule has 0 aliphatic carbocycles. The Labute approximate surface area is 187 Å². The zero-order valence-electron chi connectivity index (χ0n) is 17.5. The molecule has 2 heterocycles. The van der Waals surface area contributed by atoms with E-state index in [-0.39, 0.29) is 41.7 Å². The Balaban J connectivity index is 1.57. The van der Waals surface area contributed by atoms with Crippen LogP contribution in [0.1, 0.15) is 36.5 Å². The highest BCUT2D eigenvalue weighted by atomic mass is 35.5. The van der Waals surface area contributed by atoms with Crippen LogP contribution in [0.15, 0.2) is 24.3 Å². The van der Waals surface area contributed by atoms with Crippen LogP contribution in [0.3, 0.4) is 0 Å². The number of halogens is 1. The molecule has 0 bridgehead atoms. The molecule has 2 saturated heterocycles. The Morgan fingerprint density at radius 1 is 1.19 bits per heavy atom. The smallest absolute Gasteiger partial charge is 0.253 e. The second-order valence-corrected chi connectivity index (χ2v) is 10.8. The first kappa shape index (κ1) is 23.5. The van der Waals surface area contributed by atoms with Gasteiger partial charge in [0.05, 0.1) is 24.0 Å². The third-order valence-electron chi connectivity index (χ3n) is 5.77. The molecule has 2 atom stereocenters. The Hall–Kier alpha value is -2.13. The maximum Gasteiger partial charge on any atom is 0.253 e. The van der Waals surface area contributed by atoms with Gasteiger partial charge in [0, 0.05) is 36.3 Å². The predicted molar refractivity (Wildman–Crippen MR) is 118 cm³/mol. The van der Waals surface area contributed by atoms with Crippen LogP contribution in [-0.2, 0) is 19.4 Å². The number of hydrogen-bond acceptors (Lipinski definition) is 5. The Kier molecular flexibility index (Phi) is 7.59. The van der Waals surface area contributed by atoms with Crippen molar-refractivity contribution in [3.63, 3.8) is 0 Å². The number of sulfone groups is 1. The summed E-state index contributed by atoms with van der Waals surface area (Å²) >= 11 is 5.89.